The van der Waals surface area contributed by atoms with Crippen molar-refractivity contribution in [1.82, 2.24) is 14.8 Å². The number of nitrogens with zero attached hydrogens (tertiary/aromatic N) is 3. The van der Waals surface area contributed by atoms with E-state index in [0.717, 1.165) is 12.1 Å². The fourth-order valence-electron chi connectivity index (χ4n) is 1.47. The third kappa shape index (κ3) is 3.43. The van der Waals surface area contributed by atoms with E-state index < -0.39 is 0 Å². The fraction of sp³-hybridized carbons (Fsp3) is 0.250. The Labute approximate surface area is 122 Å². The zero-order chi connectivity index (χ0) is 13.7. The summed E-state index contributed by atoms with van der Waals surface area (Å²) in [7, 11) is 0. The number of terminal acetylenes is 1. The van der Waals surface area contributed by atoms with Crippen molar-refractivity contribution in [2.24, 2.45) is 0 Å². The molecule has 0 aliphatic carbocycles. The van der Waals surface area contributed by atoms with Crippen LogP contribution >= 0.6 is 27.3 Å². The highest BCUT2D eigenvalue weighted by molar-refractivity contribution is 9.10. The van der Waals surface area contributed by atoms with Crippen LogP contribution in [0.3, 0.4) is 0 Å². The van der Waals surface area contributed by atoms with Crippen molar-refractivity contribution in [2.75, 3.05) is 11.9 Å². The van der Waals surface area contributed by atoms with E-state index in [0.29, 0.717) is 16.7 Å². The van der Waals surface area contributed by atoms with Gasteiger partial charge in [-0.15, -0.1) is 17.8 Å². The van der Waals surface area contributed by atoms with E-state index in [2.05, 4.69) is 37.2 Å². The number of thiazole rings is 1. The van der Waals surface area contributed by atoms with Crippen LogP contribution in [0.5, 0.6) is 0 Å². The lowest BCUT2D eigenvalue weighted by Gasteiger charge is -2.08. The Morgan fingerprint density at radius 3 is 3.11 bits per heavy atom. The van der Waals surface area contributed by atoms with Gasteiger partial charge < -0.3 is 5.32 Å². The average molecular weight is 339 g/mol. The lowest BCUT2D eigenvalue weighted by Crippen LogP contribution is -2.24. The maximum absolute atomic E-state index is 11.9. The number of hydrogen-bond acceptors (Lipinski definition) is 5. The standard InChI is InChI=1S/C12H11BrN4OS/c1-2-5-17-12(18)11(13)10(6-16-17)14-4-3-9-7-19-8-15-9/h1,6-8,14H,3-5H2. The first-order valence-corrected chi connectivity index (χ1v) is 7.26. The Kier molecular flexibility index (Phi) is 4.71. The van der Waals surface area contributed by atoms with E-state index in [9.17, 15) is 4.79 Å². The summed E-state index contributed by atoms with van der Waals surface area (Å²) in [6.07, 6.45) is 7.55. The van der Waals surface area contributed by atoms with Gasteiger partial charge in [0.1, 0.15) is 11.0 Å². The smallest absolute Gasteiger partial charge is 0.284 e. The largest absolute Gasteiger partial charge is 0.382 e. The van der Waals surface area contributed by atoms with Crippen molar-refractivity contribution >= 4 is 33.0 Å². The molecule has 5 nitrogen and oxygen atoms in total. The lowest BCUT2D eigenvalue weighted by molar-refractivity contribution is 0.659. The van der Waals surface area contributed by atoms with Crippen molar-refractivity contribution in [3.63, 3.8) is 0 Å². The maximum Gasteiger partial charge on any atom is 0.284 e. The minimum absolute atomic E-state index is 0.163. The summed E-state index contributed by atoms with van der Waals surface area (Å²) in [5.41, 5.74) is 3.25. The maximum atomic E-state index is 11.9. The molecular formula is C12H11BrN4OS. The zero-order valence-electron chi connectivity index (χ0n) is 9.97. The van der Waals surface area contributed by atoms with Crippen molar-refractivity contribution in [3.8, 4) is 12.3 Å². The van der Waals surface area contributed by atoms with E-state index in [4.69, 9.17) is 6.42 Å². The van der Waals surface area contributed by atoms with Crippen LogP contribution in [0.4, 0.5) is 5.69 Å². The van der Waals surface area contributed by atoms with Crippen molar-refractivity contribution in [3.05, 3.63) is 37.6 Å². The quantitative estimate of drug-likeness (QED) is 0.844. The second-order valence-electron chi connectivity index (χ2n) is 3.70. The van der Waals surface area contributed by atoms with Crippen molar-refractivity contribution < 1.29 is 0 Å². The van der Waals surface area contributed by atoms with Crippen LogP contribution in [0.1, 0.15) is 5.69 Å². The van der Waals surface area contributed by atoms with Gasteiger partial charge in [0.25, 0.3) is 5.56 Å². The summed E-state index contributed by atoms with van der Waals surface area (Å²) < 4.78 is 1.67. The molecule has 0 spiro atoms. The van der Waals surface area contributed by atoms with Crippen molar-refractivity contribution in [1.29, 1.82) is 0 Å². The number of halogens is 1. The van der Waals surface area contributed by atoms with Gasteiger partial charge in [0.15, 0.2) is 0 Å². The second kappa shape index (κ2) is 6.50. The number of nitrogens with one attached hydrogen (secondary N) is 1. The lowest BCUT2D eigenvalue weighted by atomic mass is 10.3. The molecule has 1 N–H and O–H groups in total. The van der Waals surface area contributed by atoms with Gasteiger partial charge in [0, 0.05) is 18.3 Å². The molecule has 0 radical (unpaired) electrons. The molecule has 0 amide bonds. The Bertz CT molecular complexity index is 645. The van der Waals surface area contributed by atoms with Crippen LogP contribution in [0.2, 0.25) is 0 Å². The number of aromatic nitrogens is 3. The zero-order valence-corrected chi connectivity index (χ0v) is 12.4. The van der Waals surface area contributed by atoms with Gasteiger partial charge in [-0.3, -0.25) is 4.79 Å². The van der Waals surface area contributed by atoms with Gasteiger partial charge in [-0.2, -0.15) is 5.10 Å². The Morgan fingerprint density at radius 1 is 1.58 bits per heavy atom. The van der Waals surface area contributed by atoms with Crippen LogP contribution in [0.25, 0.3) is 0 Å². The average Bonchev–Trinajstić information content (AvgIpc) is 2.91. The highest BCUT2D eigenvalue weighted by atomic mass is 79.9. The summed E-state index contributed by atoms with van der Waals surface area (Å²) in [6, 6.07) is 0. The van der Waals surface area contributed by atoms with E-state index in [1.165, 1.54) is 4.68 Å². The number of hydrogen-bond donors (Lipinski definition) is 1. The van der Waals surface area contributed by atoms with Gasteiger partial charge >= 0.3 is 0 Å². The molecule has 0 unspecified atom stereocenters. The van der Waals surface area contributed by atoms with Gasteiger partial charge in [-0.05, 0) is 15.9 Å². The van der Waals surface area contributed by atoms with Gasteiger partial charge in [0.2, 0.25) is 0 Å². The third-order valence-electron chi connectivity index (χ3n) is 2.41. The van der Waals surface area contributed by atoms with Crippen LogP contribution in [-0.2, 0) is 13.0 Å². The molecule has 0 saturated heterocycles. The van der Waals surface area contributed by atoms with E-state index >= 15 is 0 Å². The number of rotatable bonds is 5. The summed E-state index contributed by atoms with van der Waals surface area (Å²) in [6.45, 7) is 0.846. The summed E-state index contributed by atoms with van der Waals surface area (Å²) >= 11 is 4.83. The third-order valence-corrected chi connectivity index (χ3v) is 3.81. The predicted octanol–water partition coefficient (Wildman–Crippen LogP) is 1.75. The van der Waals surface area contributed by atoms with Crippen LogP contribution in [0.15, 0.2) is 26.4 Å². The molecular weight excluding hydrogens is 328 g/mol. The Balaban J connectivity index is 2.03. The molecule has 2 aromatic heterocycles. The van der Waals surface area contributed by atoms with Crippen LogP contribution < -0.4 is 10.9 Å². The first-order chi connectivity index (χ1) is 9.22. The Hall–Kier alpha value is -1.65. The molecule has 0 saturated carbocycles. The summed E-state index contributed by atoms with van der Waals surface area (Å²) in [5.74, 6) is 2.39. The molecule has 0 aliphatic heterocycles. The van der Waals surface area contributed by atoms with Crippen LogP contribution in [-0.4, -0.2) is 21.3 Å². The molecule has 0 aromatic carbocycles. The molecule has 2 rings (SSSR count). The van der Waals surface area contributed by atoms with E-state index in [-0.39, 0.29) is 12.1 Å². The van der Waals surface area contributed by atoms with Gasteiger partial charge in [-0.1, -0.05) is 5.92 Å². The Morgan fingerprint density at radius 2 is 2.42 bits per heavy atom. The topological polar surface area (TPSA) is 59.8 Å². The van der Waals surface area contributed by atoms with Gasteiger partial charge in [-0.25, -0.2) is 9.67 Å². The fourth-order valence-corrected chi connectivity index (χ4v) is 2.51. The SMILES string of the molecule is C#CCn1ncc(NCCc2cscn2)c(Br)c1=O. The first-order valence-electron chi connectivity index (χ1n) is 5.52. The predicted molar refractivity (Wildman–Crippen MR) is 79.3 cm³/mol. The minimum Gasteiger partial charge on any atom is -0.382 e. The normalized spacial score (nSPS) is 10.1. The summed E-state index contributed by atoms with van der Waals surface area (Å²) in [4.78, 5) is 16.1. The van der Waals surface area contributed by atoms with Crippen LogP contribution in [0, 0.1) is 12.3 Å². The second-order valence-corrected chi connectivity index (χ2v) is 5.21. The first kappa shape index (κ1) is 13.8. The molecule has 19 heavy (non-hydrogen) atoms. The molecule has 7 heteroatoms. The van der Waals surface area contributed by atoms with Crippen molar-refractivity contribution in [2.45, 2.75) is 13.0 Å². The molecule has 2 heterocycles. The molecule has 0 atom stereocenters. The molecule has 0 aliphatic rings. The highest BCUT2D eigenvalue weighted by Crippen LogP contribution is 2.16. The monoisotopic (exact) mass is 338 g/mol. The molecule has 0 fully saturated rings. The van der Waals surface area contributed by atoms with E-state index in [1.807, 2.05) is 5.38 Å². The summed E-state index contributed by atoms with van der Waals surface area (Å²) in [5, 5.41) is 9.15. The highest BCUT2D eigenvalue weighted by Gasteiger charge is 2.07. The number of anilines is 1. The molecule has 98 valence electrons. The molecule has 0 bridgehead atoms. The minimum atomic E-state index is -0.239. The molecule has 2 aromatic rings. The van der Waals surface area contributed by atoms with Gasteiger partial charge in [0.05, 0.1) is 23.1 Å². The van der Waals surface area contributed by atoms with E-state index in [1.54, 1.807) is 23.0 Å².